The van der Waals surface area contributed by atoms with E-state index in [9.17, 15) is 4.79 Å². The first-order chi connectivity index (χ1) is 8.48. The van der Waals surface area contributed by atoms with Gasteiger partial charge in [0.05, 0.1) is 6.54 Å². The van der Waals surface area contributed by atoms with Crippen LogP contribution in [0, 0.1) is 6.92 Å². The van der Waals surface area contributed by atoms with E-state index in [0.717, 1.165) is 30.0 Å². The molecular formula is C15H21NOS. The molecule has 1 aliphatic heterocycles. The van der Waals surface area contributed by atoms with Gasteiger partial charge in [0.15, 0.2) is 5.78 Å². The fourth-order valence-electron chi connectivity index (χ4n) is 2.42. The third-order valence-electron chi connectivity index (χ3n) is 3.32. The fraction of sp³-hybridized carbons (Fsp3) is 0.533. The Labute approximate surface area is 114 Å². The standard InChI is InChI=1S/C15H21NOS/c1-12-6-4-5-7-13(12)14(17)10-16-8-9-18-15(2,3)11-16/h4-7H,8-11H2,1-3H3. The second kappa shape index (κ2) is 5.45. The number of Topliss-reactive ketones (excluding diaryl/α,β-unsaturated/α-hetero) is 1. The molecule has 2 rings (SSSR count). The highest BCUT2D eigenvalue weighted by Gasteiger charge is 2.28. The van der Waals surface area contributed by atoms with Crippen LogP contribution in [0.25, 0.3) is 0 Å². The van der Waals surface area contributed by atoms with Crippen molar-refractivity contribution in [2.75, 3.05) is 25.4 Å². The molecule has 1 fully saturated rings. The number of thioether (sulfide) groups is 1. The number of ketones is 1. The Morgan fingerprint density at radius 3 is 2.78 bits per heavy atom. The average Bonchev–Trinajstić information content (AvgIpc) is 2.28. The third kappa shape index (κ3) is 3.36. The molecule has 1 heterocycles. The summed E-state index contributed by atoms with van der Waals surface area (Å²) in [5, 5.41) is 0. The summed E-state index contributed by atoms with van der Waals surface area (Å²) in [5.74, 6) is 1.37. The van der Waals surface area contributed by atoms with E-state index in [1.165, 1.54) is 0 Å². The molecule has 18 heavy (non-hydrogen) atoms. The number of carbonyl (C=O) groups excluding carboxylic acids is 1. The first kappa shape index (κ1) is 13.6. The minimum atomic E-state index is 0.246. The molecule has 0 aromatic heterocycles. The van der Waals surface area contributed by atoms with Crippen molar-refractivity contribution in [1.29, 1.82) is 0 Å². The van der Waals surface area contributed by atoms with Crippen LogP contribution in [-0.4, -0.2) is 40.8 Å². The first-order valence-corrected chi connectivity index (χ1v) is 7.42. The molecule has 0 bridgehead atoms. The van der Waals surface area contributed by atoms with Crippen molar-refractivity contribution in [3.8, 4) is 0 Å². The van der Waals surface area contributed by atoms with Gasteiger partial charge in [0.1, 0.15) is 0 Å². The second-order valence-corrected chi connectivity index (χ2v) is 7.36. The van der Waals surface area contributed by atoms with Gasteiger partial charge in [-0.2, -0.15) is 11.8 Å². The Morgan fingerprint density at radius 1 is 1.39 bits per heavy atom. The summed E-state index contributed by atoms with van der Waals surface area (Å²) in [5.41, 5.74) is 1.95. The first-order valence-electron chi connectivity index (χ1n) is 6.43. The zero-order valence-electron chi connectivity index (χ0n) is 11.4. The lowest BCUT2D eigenvalue weighted by Crippen LogP contribution is -2.45. The van der Waals surface area contributed by atoms with Crippen LogP contribution < -0.4 is 0 Å². The van der Waals surface area contributed by atoms with Crippen LogP contribution in [0.2, 0.25) is 0 Å². The quantitative estimate of drug-likeness (QED) is 0.782. The number of benzene rings is 1. The predicted molar refractivity (Wildman–Crippen MR) is 78.5 cm³/mol. The van der Waals surface area contributed by atoms with Gasteiger partial charge in [0.25, 0.3) is 0 Å². The highest BCUT2D eigenvalue weighted by Crippen LogP contribution is 2.29. The Hall–Kier alpha value is -0.800. The van der Waals surface area contributed by atoms with E-state index in [0.29, 0.717) is 6.54 Å². The van der Waals surface area contributed by atoms with Crippen LogP contribution in [0.5, 0.6) is 0 Å². The molecule has 0 atom stereocenters. The molecule has 1 aromatic carbocycles. The van der Waals surface area contributed by atoms with Gasteiger partial charge in [-0.1, -0.05) is 24.3 Å². The number of nitrogens with zero attached hydrogens (tertiary/aromatic N) is 1. The Bertz CT molecular complexity index is 442. The van der Waals surface area contributed by atoms with Gasteiger partial charge in [-0.05, 0) is 26.3 Å². The molecule has 2 nitrogen and oxygen atoms in total. The van der Waals surface area contributed by atoms with Crippen molar-refractivity contribution in [3.05, 3.63) is 35.4 Å². The van der Waals surface area contributed by atoms with Crippen LogP contribution in [-0.2, 0) is 0 Å². The predicted octanol–water partition coefficient (Wildman–Crippen LogP) is 3.01. The zero-order valence-corrected chi connectivity index (χ0v) is 12.2. The lowest BCUT2D eigenvalue weighted by atomic mass is 10.0. The van der Waals surface area contributed by atoms with Gasteiger partial charge in [-0.15, -0.1) is 0 Å². The topological polar surface area (TPSA) is 20.3 Å². The van der Waals surface area contributed by atoms with Crippen LogP contribution in [0.15, 0.2) is 24.3 Å². The van der Waals surface area contributed by atoms with E-state index in [1.807, 2.05) is 43.0 Å². The van der Waals surface area contributed by atoms with Crippen molar-refractivity contribution in [2.45, 2.75) is 25.5 Å². The number of carbonyl (C=O) groups is 1. The van der Waals surface area contributed by atoms with E-state index in [4.69, 9.17) is 0 Å². The summed E-state index contributed by atoms with van der Waals surface area (Å²) >= 11 is 2.00. The molecule has 0 spiro atoms. The average molecular weight is 263 g/mol. The summed E-state index contributed by atoms with van der Waals surface area (Å²) in [6.07, 6.45) is 0. The van der Waals surface area contributed by atoms with Crippen LogP contribution in [0.3, 0.4) is 0 Å². The highest BCUT2D eigenvalue weighted by atomic mass is 32.2. The molecule has 0 radical (unpaired) electrons. The van der Waals surface area contributed by atoms with Gasteiger partial charge in [0, 0.05) is 29.2 Å². The van der Waals surface area contributed by atoms with Crippen molar-refractivity contribution >= 4 is 17.5 Å². The Balaban J connectivity index is 2.02. The normalized spacial score (nSPS) is 19.7. The number of aryl methyl sites for hydroxylation is 1. The third-order valence-corrected chi connectivity index (χ3v) is 4.61. The minimum absolute atomic E-state index is 0.246. The van der Waals surface area contributed by atoms with Gasteiger partial charge in [-0.25, -0.2) is 0 Å². The molecule has 1 aliphatic rings. The highest BCUT2D eigenvalue weighted by molar-refractivity contribution is 8.00. The second-order valence-electron chi connectivity index (χ2n) is 5.56. The van der Waals surface area contributed by atoms with Gasteiger partial charge in [0.2, 0.25) is 0 Å². The molecule has 1 aromatic rings. The van der Waals surface area contributed by atoms with Gasteiger partial charge < -0.3 is 0 Å². The molecule has 0 aliphatic carbocycles. The van der Waals surface area contributed by atoms with Gasteiger partial charge in [-0.3, -0.25) is 9.69 Å². The number of hydrogen-bond donors (Lipinski definition) is 0. The molecule has 0 saturated carbocycles. The maximum Gasteiger partial charge on any atom is 0.177 e. The number of rotatable bonds is 3. The lowest BCUT2D eigenvalue weighted by molar-refractivity contribution is 0.0927. The summed E-state index contributed by atoms with van der Waals surface area (Å²) in [6, 6.07) is 7.85. The zero-order chi connectivity index (χ0) is 13.2. The van der Waals surface area contributed by atoms with Crippen LogP contribution >= 0.6 is 11.8 Å². The van der Waals surface area contributed by atoms with Crippen molar-refractivity contribution in [2.24, 2.45) is 0 Å². The van der Waals surface area contributed by atoms with E-state index in [-0.39, 0.29) is 10.5 Å². The molecule has 0 unspecified atom stereocenters. The van der Waals surface area contributed by atoms with Crippen LogP contribution in [0.1, 0.15) is 29.8 Å². The minimum Gasteiger partial charge on any atom is -0.294 e. The molecule has 0 amide bonds. The van der Waals surface area contributed by atoms with E-state index < -0.39 is 0 Å². The molecule has 3 heteroatoms. The van der Waals surface area contributed by atoms with Crippen molar-refractivity contribution in [3.63, 3.8) is 0 Å². The largest absolute Gasteiger partial charge is 0.294 e. The number of hydrogen-bond acceptors (Lipinski definition) is 3. The van der Waals surface area contributed by atoms with E-state index >= 15 is 0 Å². The smallest absolute Gasteiger partial charge is 0.177 e. The molecule has 1 saturated heterocycles. The summed E-state index contributed by atoms with van der Waals surface area (Å²) < 4.78 is 0.268. The van der Waals surface area contributed by atoms with Gasteiger partial charge >= 0.3 is 0 Å². The molecular weight excluding hydrogens is 242 g/mol. The lowest BCUT2D eigenvalue weighted by Gasteiger charge is -2.37. The fourth-order valence-corrected chi connectivity index (χ4v) is 3.60. The van der Waals surface area contributed by atoms with E-state index in [2.05, 4.69) is 18.7 Å². The SMILES string of the molecule is Cc1ccccc1C(=O)CN1CCSC(C)(C)C1. The summed E-state index contributed by atoms with van der Waals surface area (Å²) in [6.45, 7) is 9.07. The van der Waals surface area contributed by atoms with E-state index in [1.54, 1.807) is 0 Å². The monoisotopic (exact) mass is 263 g/mol. The Morgan fingerprint density at radius 2 is 2.11 bits per heavy atom. The van der Waals surface area contributed by atoms with Crippen molar-refractivity contribution < 1.29 is 4.79 Å². The van der Waals surface area contributed by atoms with Crippen LogP contribution in [0.4, 0.5) is 0 Å². The molecule has 0 N–H and O–H groups in total. The Kier molecular flexibility index (Phi) is 4.13. The van der Waals surface area contributed by atoms with Crippen molar-refractivity contribution in [1.82, 2.24) is 4.90 Å². The summed E-state index contributed by atoms with van der Waals surface area (Å²) in [4.78, 5) is 14.6. The molecule has 98 valence electrons. The maximum atomic E-state index is 12.3. The maximum absolute atomic E-state index is 12.3. The summed E-state index contributed by atoms with van der Waals surface area (Å²) in [7, 11) is 0.